The van der Waals surface area contributed by atoms with E-state index in [1.165, 1.54) is 5.56 Å². The third-order valence-corrected chi connectivity index (χ3v) is 3.80. The minimum absolute atomic E-state index is 0.00157. The van der Waals surface area contributed by atoms with Gasteiger partial charge in [-0.3, -0.25) is 4.79 Å². The van der Waals surface area contributed by atoms with Gasteiger partial charge in [0.1, 0.15) is 0 Å². The van der Waals surface area contributed by atoms with Gasteiger partial charge in [-0.2, -0.15) is 5.10 Å². The molecule has 0 aliphatic carbocycles. The minimum Gasteiger partial charge on any atom is -0.273 e. The van der Waals surface area contributed by atoms with Gasteiger partial charge in [0.05, 0.1) is 11.8 Å². The lowest BCUT2D eigenvalue weighted by Crippen LogP contribution is -2.24. The lowest BCUT2D eigenvalue weighted by Gasteiger charge is -2.20. The van der Waals surface area contributed by atoms with Gasteiger partial charge in [-0.25, -0.2) is 5.01 Å². The number of amides is 1. The quantitative estimate of drug-likeness (QED) is 0.824. The van der Waals surface area contributed by atoms with Crippen LogP contribution in [0.4, 0.5) is 0 Å². The molecule has 3 nitrogen and oxygen atoms in total. The molecule has 1 aliphatic heterocycles. The molecule has 0 saturated carbocycles. The molecule has 0 fully saturated rings. The highest BCUT2D eigenvalue weighted by Gasteiger charge is 2.31. The Labute approximate surface area is 124 Å². The first kappa shape index (κ1) is 13.6. The minimum atomic E-state index is -0.0218. The molecule has 0 saturated heterocycles. The van der Waals surface area contributed by atoms with E-state index in [0.29, 0.717) is 0 Å². The second kappa shape index (κ2) is 5.52. The second-order valence-electron chi connectivity index (χ2n) is 5.41. The highest BCUT2D eigenvalue weighted by atomic mass is 16.2. The molecule has 2 aromatic carbocycles. The summed E-state index contributed by atoms with van der Waals surface area (Å²) in [7, 11) is 0. The van der Waals surface area contributed by atoms with E-state index in [-0.39, 0.29) is 11.9 Å². The Hall–Kier alpha value is -2.42. The summed E-state index contributed by atoms with van der Waals surface area (Å²) in [5.41, 5.74) is 4.40. The topological polar surface area (TPSA) is 32.7 Å². The Morgan fingerprint density at radius 1 is 1.10 bits per heavy atom. The number of nitrogens with zero attached hydrogens (tertiary/aromatic N) is 2. The van der Waals surface area contributed by atoms with Gasteiger partial charge in [-0.1, -0.05) is 60.2 Å². The van der Waals surface area contributed by atoms with Crippen LogP contribution in [0.3, 0.4) is 0 Å². The van der Waals surface area contributed by atoms with Crippen LogP contribution >= 0.6 is 0 Å². The fraction of sp³-hybridized carbons (Fsp3) is 0.222. The first-order chi connectivity index (χ1) is 10.1. The number of hydrogen-bond acceptors (Lipinski definition) is 2. The van der Waals surface area contributed by atoms with E-state index in [1.54, 1.807) is 11.9 Å². The van der Waals surface area contributed by atoms with E-state index in [0.717, 1.165) is 23.3 Å². The number of hydrogen-bond donors (Lipinski definition) is 0. The standard InChI is InChI=1S/C18H18N2O/c1-13-8-10-16(11-9-13)18-12-17(19-20(18)14(2)21)15-6-4-3-5-7-15/h3-11,18H,12H2,1-2H3/t18-/m0/s1. The van der Waals surface area contributed by atoms with Gasteiger partial charge in [0.15, 0.2) is 0 Å². The summed E-state index contributed by atoms with van der Waals surface area (Å²) in [4.78, 5) is 11.9. The average molecular weight is 278 g/mol. The first-order valence-electron chi connectivity index (χ1n) is 7.14. The van der Waals surface area contributed by atoms with Crippen LogP contribution in [0.2, 0.25) is 0 Å². The normalized spacial score (nSPS) is 17.7. The van der Waals surface area contributed by atoms with Crippen molar-refractivity contribution in [3.05, 3.63) is 71.3 Å². The van der Waals surface area contributed by atoms with Crippen LogP contribution in [0.25, 0.3) is 0 Å². The molecule has 1 heterocycles. The molecule has 0 spiro atoms. The van der Waals surface area contributed by atoms with Gasteiger partial charge >= 0.3 is 0 Å². The summed E-state index contributed by atoms with van der Waals surface area (Å²) in [6.45, 7) is 3.63. The third-order valence-electron chi connectivity index (χ3n) is 3.80. The maximum Gasteiger partial charge on any atom is 0.240 e. The molecule has 1 amide bonds. The van der Waals surface area contributed by atoms with Gasteiger partial charge in [-0.05, 0) is 18.1 Å². The van der Waals surface area contributed by atoms with E-state index < -0.39 is 0 Å². The summed E-state index contributed by atoms with van der Waals surface area (Å²) in [6.07, 6.45) is 0.757. The highest BCUT2D eigenvalue weighted by Crippen LogP contribution is 2.32. The summed E-state index contributed by atoms with van der Waals surface area (Å²) in [5.74, 6) is -0.0218. The number of carbonyl (C=O) groups is 1. The van der Waals surface area contributed by atoms with Crippen LogP contribution in [-0.2, 0) is 4.79 Å². The molecular formula is C18H18N2O. The van der Waals surface area contributed by atoms with Crippen molar-refractivity contribution in [2.75, 3.05) is 0 Å². The molecule has 21 heavy (non-hydrogen) atoms. The Morgan fingerprint density at radius 3 is 2.38 bits per heavy atom. The first-order valence-corrected chi connectivity index (χ1v) is 7.14. The van der Waals surface area contributed by atoms with E-state index in [2.05, 4.69) is 36.3 Å². The van der Waals surface area contributed by atoms with Crippen molar-refractivity contribution >= 4 is 11.6 Å². The maximum absolute atomic E-state index is 11.9. The Bertz CT molecular complexity index is 674. The summed E-state index contributed by atoms with van der Waals surface area (Å²) in [5, 5.41) is 6.14. The number of hydrazone groups is 1. The molecule has 3 heteroatoms. The molecular weight excluding hydrogens is 260 g/mol. The fourth-order valence-corrected chi connectivity index (χ4v) is 2.65. The van der Waals surface area contributed by atoms with Crippen molar-refractivity contribution in [3.8, 4) is 0 Å². The molecule has 1 atom stereocenters. The zero-order chi connectivity index (χ0) is 14.8. The zero-order valence-corrected chi connectivity index (χ0v) is 12.3. The largest absolute Gasteiger partial charge is 0.273 e. The van der Waals surface area contributed by atoms with E-state index in [9.17, 15) is 4.79 Å². The molecule has 2 aromatic rings. The van der Waals surface area contributed by atoms with Crippen molar-refractivity contribution in [2.24, 2.45) is 5.10 Å². The SMILES string of the molecule is CC(=O)N1N=C(c2ccccc2)C[C@H]1c1ccc(C)cc1. The van der Waals surface area contributed by atoms with Crippen LogP contribution in [0.15, 0.2) is 59.7 Å². The predicted octanol–water partition coefficient (Wildman–Crippen LogP) is 3.69. The average Bonchev–Trinajstić information content (AvgIpc) is 2.94. The van der Waals surface area contributed by atoms with Gasteiger partial charge in [-0.15, -0.1) is 0 Å². The van der Waals surface area contributed by atoms with Gasteiger partial charge in [0.2, 0.25) is 5.91 Å². The fourth-order valence-electron chi connectivity index (χ4n) is 2.65. The van der Waals surface area contributed by atoms with Gasteiger partial charge in [0.25, 0.3) is 0 Å². The molecule has 0 N–H and O–H groups in total. The summed E-state index contributed by atoms with van der Waals surface area (Å²) < 4.78 is 0. The van der Waals surface area contributed by atoms with E-state index in [4.69, 9.17) is 0 Å². The number of rotatable bonds is 2. The zero-order valence-electron chi connectivity index (χ0n) is 12.3. The molecule has 1 aliphatic rings. The van der Waals surface area contributed by atoms with Crippen molar-refractivity contribution < 1.29 is 4.79 Å². The number of benzene rings is 2. The summed E-state index contributed by atoms with van der Waals surface area (Å²) >= 11 is 0. The molecule has 106 valence electrons. The van der Waals surface area contributed by atoms with Crippen LogP contribution in [0, 0.1) is 6.92 Å². The Balaban J connectivity index is 1.93. The van der Waals surface area contributed by atoms with Crippen molar-refractivity contribution in [1.29, 1.82) is 0 Å². The van der Waals surface area contributed by atoms with Gasteiger partial charge in [0, 0.05) is 13.3 Å². The van der Waals surface area contributed by atoms with Gasteiger partial charge < -0.3 is 0 Å². The van der Waals surface area contributed by atoms with Crippen molar-refractivity contribution in [1.82, 2.24) is 5.01 Å². The monoisotopic (exact) mass is 278 g/mol. The lowest BCUT2D eigenvalue weighted by atomic mass is 9.98. The van der Waals surface area contributed by atoms with Crippen LogP contribution in [-0.4, -0.2) is 16.6 Å². The lowest BCUT2D eigenvalue weighted by molar-refractivity contribution is -0.130. The number of carbonyl (C=O) groups excluding carboxylic acids is 1. The second-order valence-corrected chi connectivity index (χ2v) is 5.41. The molecule has 0 bridgehead atoms. The third kappa shape index (κ3) is 2.72. The van der Waals surface area contributed by atoms with Crippen molar-refractivity contribution in [3.63, 3.8) is 0 Å². The van der Waals surface area contributed by atoms with Crippen molar-refractivity contribution in [2.45, 2.75) is 26.3 Å². The summed E-state index contributed by atoms with van der Waals surface area (Å²) in [6, 6.07) is 18.4. The van der Waals surface area contributed by atoms with E-state index in [1.807, 2.05) is 30.3 Å². The maximum atomic E-state index is 11.9. The number of aryl methyl sites for hydroxylation is 1. The van der Waals surface area contributed by atoms with Crippen LogP contribution < -0.4 is 0 Å². The predicted molar refractivity (Wildman–Crippen MR) is 84.0 cm³/mol. The molecule has 0 unspecified atom stereocenters. The smallest absolute Gasteiger partial charge is 0.240 e. The van der Waals surface area contributed by atoms with Crippen LogP contribution in [0.1, 0.15) is 36.1 Å². The van der Waals surface area contributed by atoms with Crippen LogP contribution in [0.5, 0.6) is 0 Å². The Kier molecular flexibility index (Phi) is 3.57. The molecule has 0 radical (unpaired) electrons. The molecule has 0 aromatic heterocycles. The molecule has 3 rings (SSSR count). The highest BCUT2D eigenvalue weighted by molar-refractivity contribution is 6.03. The van der Waals surface area contributed by atoms with E-state index >= 15 is 0 Å². The Morgan fingerprint density at radius 2 is 1.76 bits per heavy atom.